The molecule has 0 atom stereocenters. The summed E-state index contributed by atoms with van der Waals surface area (Å²) in [5, 5.41) is 3.92. The first-order valence-corrected chi connectivity index (χ1v) is 11.0. The van der Waals surface area contributed by atoms with Gasteiger partial charge in [-0.2, -0.15) is 4.98 Å². The van der Waals surface area contributed by atoms with E-state index < -0.39 is 15.8 Å². The average Bonchev–Trinajstić information content (AvgIpc) is 3.06. The first-order valence-electron chi connectivity index (χ1n) is 9.48. The van der Waals surface area contributed by atoms with Gasteiger partial charge >= 0.3 is 5.76 Å². The number of nitrogens with one attached hydrogen (secondary N) is 1. The molecule has 0 radical (unpaired) electrons. The molecule has 2 aliphatic carbocycles. The molecule has 148 valence electrons. The third-order valence-corrected chi connectivity index (χ3v) is 6.86. The van der Waals surface area contributed by atoms with Crippen molar-refractivity contribution >= 4 is 21.1 Å². The lowest BCUT2D eigenvalue weighted by molar-refractivity contribution is 0.372. The van der Waals surface area contributed by atoms with Gasteiger partial charge in [0, 0.05) is 18.0 Å². The Bertz CT molecular complexity index is 1180. The van der Waals surface area contributed by atoms with E-state index in [1.165, 1.54) is 16.7 Å². The maximum atomic E-state index is 12.6. The Morgan fingerprint density at radius 2 is 1.96 bits per heavy atom. The summed E-state index contributed by atoms with van der Waals surface area (Å²) in [6, 6.07) is 4.41. The minimum Gasteiger partial charge on any atom is -0.408 e. The predicted molar refractivity (Wildman–Crippen MR) is 98.4 cm³/mol. The molecule has 0 saturated heterocycles. The lowest BCUT2D eigenvalue weighted by atomic mass is 10.3. The number of oxazole rings is 1. The van der Waals surface area contributed by atoms with Gasteiger partial charge in [-0.05, 0) is 37.8 Å². The third-order valence-electron chi connectivity index (χ3n) is 5.34. The van der Waals surface area contributed by atoms with E-state index in [9.17, 15) is 13.2 Å². The van der Waals surface area contributed by atoms with Gasteiger partial charge in [0.2, 0.25) is 15.9 Å². The van der Waals surface area contributed by atoms with Gasteiger partial charge in [0.1, 0.15) is 0 Å². The van der Waals surface area contributed by atoms with Crippen molar-refractivity contribution in [2.45, 2.75) is 61.9 Å². The molecular weight excluding hydrogens is 384 g/mol. The first kappa shape index (κ1) is 17.6. The van der Waals surface area contributed by atoms with Gasteiger partial charge in [-0.1, -0.05) is 18.0 Å². The smallest absolute Gasteiger partial charge is 0.408 e. The fourth-order valence-electron chi connectivity index (χ4n) is 3.66. The van der Waals surface area contributed by atoms with Gasteiger partial charge in [-0.25, -0.2) is 17.9 Å². The minimum absolute atomic E-state index is 0.0313. The van der Waals surface area contributed by atoms with Gasteiger partial charge in [0.25, 0.3) is 0 Å². The summed E-state index contributed by atoms with van der Waals surface area (Å²) in [7, 11) is -3.66. The van der Waals surface area contributed by atoms with E-state index in [1.54, 1.807) is 6.07 Å². The Balaban J connectivity index is 1.43. The quantitative estimate of drug-likeness (QED) is 0.668. The Labute approximate surface area is 160 Å². The lowest BCUT2D eigenvalue weighted by Crippen LogP contribution is -2.32. The van der Waals surface area contributed by atoms with E-state index in [2.05, 4.69) is 14.9 Å². The van der Waals surface area contributed by atoms with Crippen LogP contribution < -0.4 is 10.5 Å². The molecule has 2 saturated carbocycles. The normalized spacial score (nSPS) is 18.3. The molecule has 0 spiro atoms. The fourth-order valence-corrected chi connectivity index (χ4v) is 4.98. The minimum atomic E-state index is -3.66. The molecule has 2 heterocycles. The standard InChI is InChI=1S/C18H20N4O5S/c23-18-22(10-16-19-17(27-20-16)11-5-6-11)14-8-7-13(9-15(14)26-18)28(24,25)21-12-3-1-2-4-12/h7-9,11-12,21H,1-6,10H2. The molecule has 2 aliphatic rings. The van der Waals surface area contributed by atoms with Crippen LogP contribution >= 0.6 is 0 Å². The number of aromatic nitrogens is 3. The highest BCUT2D eigenvalue weighted by Crippen LogP contribution is 2.38. The Morgan fingerprint density at radius 3 is 2.71 bits per heavy atom. The number of nitrogens with zero attached hydrogens (tertiary/aromatic N) is 3. The van der Waals surface area contributed by atoms with Crippen molar-refractivity contribution in [2.24, 2.45) is 0 Å². The average molecular weight is 404 g/mol. The van der Waals surface area contributed by atoms with E-state index in [4.69, 9.17) is 8.94 Å². The second-order valence-electron chi connectivity index (χ2n) is 7.51. The lowest BCUT2D eigenvalue weighted by Gasteiger charge is -2.12. The van der Waals surface area contributed by atoms with Gasteiger partial charge in [-0.3, -0.25) is 4.57 Å². The van der Waals surface area contributed by atoms with Crippen LogP contribution in [0.1, 0.15) is 56.2 Å². The van der Waals surface area contributed by atoms with Crippen LogP contribution in [0, 0.1) is 0 Å². The highest BCUT2D eigenvalue weighted by molar-refractivity contribution is 7.89. The number of hydrogen-bond donors (Lipinski definition) is 1. The molecule has 2 fully saturated rings. The van der Waals surface area contributed by atoms with Crippen LogP contribution in [-0.4, -0.2) is 29.2 Å². The molecule has 0 unspecified atom stereocenters. The van der Waals surface area contributed by atoms with Gasteiger partial charge in [0.05, 0.1) is 17.0 Å². The molecule has 2 aromatic heterocycles. The molecule has 1 N–H and O–H groups in total. The van der Waals surface area contributed by atoms with Gasteiger partial charge in [-0.15, -0.1) is 0 Å². The molecule has 0 aliphatic heterocycles. The van der Waals surface area contributed by atoms with Crippen LogP contribution in [0.25, 0.3) is 11.1 Å². The SMILES string of the molecule is O=c1oc2cc(S(=O)(=O)NC3CCCC3)ccc2n1Cc1noc(C2CC2)n1. The molecule has 0 amide bonds. The van der Waals surface area contributed by atoms with Crippen molar-refractivity contribution in [1.82, 2.24) is 19.4 Å². The summed E-state index contributed by atoms with van der Waals surface area (Å²) in [6.45, 7) is 0.106. The number of hydrogen-bond acceptors (Lipinski definition) is 7. The zero-order chi connectivity index (χ0) is 19.3. The maximum absolute atomic E-state index is 12.6. The summed E-state index contributed by atoms with van der Waals surface area (Å²) in [6.07, 6.45) is 5.84. The fraction of sp³-hybridized carbons (Fsp3) is 0.500. The van der Waals surface area contributed by atoms with E-state index >= 15 is 0 Å². The summed E-state index contributed by atoms with van der Waals surface area (Å²) in [4.78, 5) is 16.7. The molecular formula is C18H20N4O5S. The van der Waals surface area contributed by atoms with Crippen LogP contribution in [0.5, 0.6) is 0 Å². The number of fused-ring (bicyclic) bond motifs is 1. The summed E-state index contributed by atoms with van der Waals surface area (Å²) in [5.74, 6) is 0.735. The zero-order valence-electron chi connectivity index (χ0n) is 15.1. The monoisotopic (exact) mass is 404 g/mol. The molecule has 28 heavy (non-hydrogen) atoms. The van der Waals surface area contributed by atoms with Crippen molar-refractivity contribution in [2.75, 3.05) is 0 Å². The molecule has 3 aromatic rings. The summed E-state index contributed by atoms with van der Waals surface area (Å²) < 4.78 is 39.8. The molecule has 5 rings (SSSR count). The topological polar surface area (TPSA) is 120 Å². The number of benzene rings is 1. The van der Waals surface area contributed by atoms with E-state index in [0.29, 0.717) is 23.1 Å². The van der Waals surface area contributed by atoms with Gasteiger partial charge in [0.15, 0.2) is 11.4 Å². The molecule has 9 nitrogen and oxygen atoms in total. The predicted octanol–water partition coefficient (Wildman–Crippen LogP) is 2.12. The van der Waals surface area contributed by atoms with Crippen molar-refractivity contribution in [3.05, 3.63) is 40.5 Å². The molecule has 10 heteroatoms. The second-order valence-corrected chi connectivity index (χ2v) is 9.22. The van der Waals surface area contributed by atoms with E-state index in [0.717, 1.165) is 38.5 Å². The zero-order valence-corrected chi connectivity index (χ0v) is 15.9. The Morgan fingerprint density at radius 1 is 1.18 bits per heavy atom. The van der Waals surface area contributed by atoms with Crippen molar-refractivity contribution < 1.29 is 17.4 Å². The number of rotatable bonds is 6. The second kappa shape index (κ2) is 6.56. The van der Waals surface area contributed by atoms with Crippen molar-refractivity contribution in [1.29, 1.82) is 0 Å². The van der Waals surface area contributed by atoms with E-state index in [-0.39, 0.29) is 23.1 Å². The van der Waals surface area contributed by atoms with Crippen LogP contribution in [0.3, 0.4) is 0 Å². The van der Waals surface area contributed by atoms with Crippen LogP contribution in [-0.2, 0) is 16.6 Å². The number of sulfonamides is 1. The van der Waals surface area contributed by atoms with E-state index in [1.807, 2.05) is 0 Å². The van der Waals surface area contributed by atoms with Crippen LogP contribution in [0.2, 0.25) is 0 Å². The molecule has 1 aromatic carbocycles. The third kappa shape index (κ3) is 3.26. The highest BCUT2D eigenvalue weighted by Gasteiger charge is 2.30. The van der Waals surface area contributed by atoms with Crippen LogP contribution in [0.15, 0.2) is 36.8 Å². The van der Waals surface area contributed by atoms with Crippen LogP contribution in [0.4, 0.5) is 0 Å². The van der Waals surface area contributed by atoms with Crippen molar-refractivity contribution in [3.8, 4) is 0 Å². The largest absolute Gasteiger partial charge is 0.420 e. The summed E-state index contributed by atoms with van der Waals surface area (Å²) >= 11 is 0. The molecule has 0 bridgehead atoms. The Kier molecular flexibility index (Phi) is 4.13. The summed E-state index contributed by atoms with van der Waals surface area (Å²) in [5.41, 5.74) is 0.702. The van der Waals surface area contributed by atoms with Crippen molar-refractivity contribution in [3.63, 3.8) is 0 Å². The van der Waals surface area contributed by atoms with Gasteiger partial charge < -0.3 is 8.94 Å². The maximum Gasteiger partial charge on any atom is 0.420 e. The highest BCUT2D eigenvalue weighted by atomic mass is 32.2. The first-order chi connectivity index (χ1) is 13.5. The Hall–Kier alpha value is -2.46.